The fraction of sp³-hybridized carbons (Fsp3) is 0.769. The molecule has 1 saturated carbocycles. The fourth-order valence-corrected chi connectivity index (χ4v) is 3.92. The molecule has 0 aromatic carbocycles. The number of nitrogens with zero attached hydrogens (tertiary/aromatic N) is 2. The van der Waals surface area contributed by atoms with Crippen LogP contribution in [0.15, 0.2) is 5.38 Å². The van der Waals surface area contributed by atoms with Gasteiger partial charge in [0.25, 0.3) is 0 Å². The molecule has 1 aliphatic heterocycles. The molecule has 2 aliphatic rings. The summed E-state index contributed by atoms with van der Waals surface area (Å²) >= 11 is 1.74. The summed E-state index contributed by atoms with van der Waals surface area (Å²) < 4.78 is 0. The molecule has 0 radical (unpaired) electrons. The van der Waals surface area contributed by atoms with Gasteiger partial charge in [0.15, 0.2) is 0 Å². The van der Waals surface area contributed by atoms with Gasteiger partial charge >= 0.3 is 0 Å². The van der Waals surface area contributed by atoms with Crippen molar-refractivity contribution in [3.05, 3.63) is 16.1 Å². The van der Waals surface area contributed by atoms with Crippen molar-refractivity contribution in [1.82, 2.24) is 9.88 Å². The van der Waals surface area contributed by atoms with Crippen LogP contribution in [0.2, 0.25) is 0 Å². The van der Waals surface area contributed by atoms with Crippen molar-refractivity contribution in [1.29, 1.82) is 0 Å². The third kappa shape index (κ3) is 2.39. The van der Waals surface area contributed by atoms with E-state index in [0.717, 1.165) is 31.1 Å². The summed E-state index contributed by atoms with van der Waals surface area (Å²) in [4.78, 5) is 7.02. The Labute approximate surface area is 106 Å². The highest BCUT2D eigenvalue weighted by atomic mass is 32.1. The molecule has 1 aromatic rings. The molecule has 2 bridgehead atoms. The fourth-order valence-electron chi connectivity index (χ4n) is 3.27. The molecule has 2 fully saturated rings. The minimum Gasteiger partial charge on any atom is -0.392 e. The van der Waals surface area contributed by atoms with Gasteiger partial charge in [-0.05, 0) is 31.6 Å². The van der Waals surface area contributed by atoms with E-state index in [1.165, 1.54) is 18.5 Å². The first-order valence-corrected chi connectivity index (χ1v) is 7.42. The summed E-state index contributed by atoms with van der Waals surface area (Å²) in [5.74, 6) is 1.07. The van der Waals surface area contributed by atoms with Gasteiger partial charge in [0.05, 0.1) is 16.8 Å². The maximum Gasteiger partial charge on any atom is 0.0897 e. The summed E-state index contributed by atoms with van der Waals surface area (Å²) in [6.07, 6.45) is 3.48. The molecule has 3 nitrogen and oxygen atoms in total. The normalized spacial score (nSPS) is 33.2. The number of likely N-dealkylation sites (tertiary alicyclic amines) is 1. The molecule has 3 rings (SSSR count). The highest BCUT2D eigenvalue weighted by Gasteiger charge is 2.40. The quantitative estimate of drug-likeness (QED) is 0.889. The lowest BCUT2D eigenvalue weighted by molar-refractivity contribution is 0.0173. The first-order chi connectivity index (χ1) is 8.22. The van der Waals surface area contributed by atoms with Crippen molar-refractivity contribution in [3.8, 4) is 0 Å². The van der Waals surface area contributed by atoms with Crippen LogP contribution in [0.5, 0.6) is 0 Å². The molecule has 4 heteroatoms. The van der Waals surface area contributed by atoms with Crippen LogP contribution >= 0.6 is 11.3 Å². The molecular formula is C13H20N2OS. The van der Waals surface area contributed by atoms with E-state index in [4.69, 9.17) is 0 Å². The highest BCUT2D eigenvalue weighted by Crippen LogP contribution is 2.36. The second-order valence-electron chi connectivity index (χ2n) is 5.46. The number of hydrogen-bond acceptors (Lipinski definition) is 4. The number of hydrogen-bond donors (Lipinski definition) is 1. The number of aromatic nitrogens is 1. The van der Waals surface area contributed by atoms with Crippen molar-refractivity contribution in [2.45, 2.75) is 32.3 Å². The average Bonchev–Trinajstić information content (AvgIpc) is 2.78. The molecule has 1 saturated heterocycles. The van der Waals surface area contributed by atoms with Gasteiger partial charge in [-0.3, -0.25) is 0 Å². The van der Waals surface area contributed by atoms with Crippen LogP contribution in [0.1, 0.15) is 23.5 Å². The third-order valence-corrected chi connectivity index (χ3v) is 5.03. The zero-order valence-corrected chi connectivity index (χ0v) is 11.1. The second-order valence-corrected chi connectivity index (χ2v) is 6.52. The van der Waals surface area contributed by atoms with Crippen molar-refractivity contribution in [2.75, 3.05) is 19.6 Å². The molecule has 94 valence electrons. The predicted molar refractivity (Wildman–Crippen MR) is 69.2 cm³/mol. The minimum atomic E-state index is -0.0206. The lowest BCUT2D eigenvalue weighted by Gasteiger charge is -2.35. The monoisotopic (exact) mass is 252 g/mol. The lowest BCUT2D eigenvalue weighted by atomic mass is 9.95. The first-order valence-electron chi connectivity index (χ1n) is 6.54. The van der Waals surface area contributed by atoms with Crippen molar-refractivity contribution < 1.29 is 5.11 Å². The van der Waals surface area contributed by atoms with Gasteiger partial charge in [0, 0.05) is 31.4 Å². The highest BCUT2D eigenvalue weighted by molar-refractivity contribution is 7.09. The Balaban J connectivity index is 1.54. The largest absolute Gasteiger partial charge is 0.392 e. The Bertz CT molecular complexity index is 379. The van der Waals surface area contributed by atoms with E-state index in [9.17, 15) is 5.11 Å². The third-order valence-electron chi connectivity index (χ3n) is 4.21. The minimum absolute atomic E-state index is 0.0206. The van der Waals surface area contributed by atoms with E-state index in [1.54, 1.807) is 11.3 Å². The Morgan fingerprint density at radius 1 is 1.41 bits per heavy atom. The molecule has 1 aromatic heterocycles. The van der Waals surface area contributed by atoms with Crippen LogP contribution in [-0.2, 0) is 6.42 Å². The zero-order valence-electron chi connectivity index (χ0n) is 10.3. The summed E-state index contributed by atoms with van der Waals surface area (Å²) in [6.45, 7) is 5.33. The van der Waals surface area contributed by atoms with E-state index < -0.39 is 0 Å². The number of aliphatic hydroxyl groups excluding tert-OH is 1. The standard InChI is InChI=1S/C13H20N2OS/c1-9-14-12(8-17-9)4-5-15-6-10-2-3-11(7-15)13(10)16/h8,10-11,13,16H,2-7H2,1H3/t10-,11+,13?. The smallest absolute Gasteiger partial charge is 0.0897 e. The van der Waals surface area contributed by atoms with Crippen LogP contribution in [0.4, 0.5) is 0 Å². The van der Waals surface area contributed by atoms with E-state index in [0.29, 0.717) is 11.8 Å². The van der Waals surface area contributed by atoms with Crippen molar-refractivity contribution in [3.63, 3.8) is 0 Å². The number of aryl methyl sites for hydroxylation is 1. The molecule has 2 heterocycles. The molecule has 0 spiro atoms. The maximum absolute atomic E-state index is 9.98. The molecule has 1 unspecified atom stereocenters. The van der Waals surface area contributed by atoms with Crippen molar-refractivity contribution in [2.24, 2.45) is 11.8 Å². The van der Waals surface area contributed by atoms with Crippen LogP contribution in [0, 0.1) is 18.8 Å². The van der Waals surface area contributed by atoms with Gasteiger partial charge in [-0.15, -0.1) is 11.3 Å². The Hall–Kier alpha value is -0.450. The molecule has 17 heavy (non-hydrogen) atoms. The van der Waals surface area contributed by atoms with Crippen LogP contribution in [-0.4, -0.2) is 40.7 Å². The summed E-state index contributed by atoms with van der Waals surface area (Å²) in [5, 5.41) is 13.3. The Morgan fingerprint density at radius 3 is 2.71 bits per heavy atom. The average molecular weight is 252 g/mol. The Kier molecular flexibility index (Phi) is 3.19. The van der Waals surface area contributed by atoms with Crippen LogP contribution in [0.3, 0.4) is 0 Å². The van der Waals surface area contributed by atoms with Crippen LogP contribution < -0.4 is 0 Å². The number of piperidine rings is 1. The lowest BCUT2D eigenvalue weighted by Crippen LogP contribution is -2.45. The van der Waals surface area contributed by atoms with Crippen molar-refractivity contribution >= 4 is 11.3 Å². The van der Waals surface area contributed by atoms with Crippen LogP contribution in [0.25, 0.3) is 0 Å². The van der Waals surface area contributed by atoms with Gasteiger partial charge in [0.1, 0.15) is 0 Å². The maximum atomic E-state index is 9.98. The van der Waals surface area contributed by atoms with E-state index >= 15 is 0 Å². The van der Waals surface area contributed by atoms with Gasteiger partial charge in [-0.2, -0.15) is 0 Å². The van der Waals surface area contributed by atoms with E-state index in [2.05, 4.69) is 22.2 Å². The Morgan fingerprint density at radius 2 is 2.12 bits per heavy atom. The topological polar surface area (TPSA) is 36.4 Å². The number of rotatable bonds is 3. The molecule has 0 amide bonds. The van der Waals surface area contributed by atoms with E-state index in [1.807, 2.05) is 0 Å². The molecule has 1 N–H and O–H groups in total. The molecular weight excluding hydrogens is 232 g/mol. The SMILES string of the molecule is Cc1nc(CCN2C[C@H]3CC[C@@H](C2)C3O)cs1. The summed E-state index contributed by atoms with van der Waals surface area (Å²) in [5.41, 5.74) is 1.23. The summed E-state index contributed by atoms with van der Waals surface area (Å²) in [6, 6.07) is 0. The van der Waals surface area contributed by atoms with Gasteiger partial charge in [-0.25, -0.2) is 4.98 Å². The predicted octanol–water partition coefficient (Wildman–Crippen LogP) is 1.70. The number of thiazole rings is 1. The van der Waals surface area contributed by atoms with E-state index in [-0.39, 0.29) is 6.10 Å². The second kappa shape index (κ2) is 4.67. The summed E-state index contributed by atoms with van der Waals surface area (Å²) in [7, 11) is 0. The number of fused-ring (bicyclic) bond motifs is 2. The van der Waals surface area contributed by atoms with Gasteiger partial charge in [0.2, 0.25) is 0 Å². The molecule has 3 atom stereocenters. The zero-order chi connectivity index (χ0) is 11.8. The first kappa shape index (κ1) is 11.6. The van der Waals surface area contributed by atoms with Gasteiger partial charge < -0.3 is 10.0 Å². The molecule has 1 aliphatic carbocycles. The number of aliphatic hydroxyl groups is 1. The van der Waals surface area contributed by atoms with Gasteiger partial charge in [-0.1, -0.05) is 0 Å².